The molecular formula is C6H6N8O4. The van der Waals surface area contributed by atoms with Gasteiger partial charge in [-0.2, -0.15) is 0 Å². The Labute approximate surface area is 98.5 Å². The van der Waals surface area contributed by atoms with E-state index in [4.69, 9.17) is 0 Å². The van der Waals surface area contributed by atoms with E-state index in [-0.39, 0.29) is 36.6 Å². The van der Waals surface area contributed by atoms with Gasteiger partial charge >= 0.3 is 0 Å². The zero-order valence-electron chi connectivity index (χ0n) is 8.73. The zero-order valence-corrected chi connectivity index (χ0v) is 8.73. The van der Waals surface area contributed by atoms with Crippen LogP contribution in [0.4, 0.5) is 23.3 Å². The summed E-state index contributed by atoms with van der Waals surface area (Å²) >= 11 is 0. The van der Waals surface area contributed by atoms with E-state index in [1.165, 1.54) is 0 Å². The molecule has 1 aromatic rings. The number of fused-ring (bicyclic) bond motifs is 2. The van der Waals surface area contributed by atoms with Crippen LogP contribution in [0.2, 0.25) is 0 Å². The quantitative estimate of drug-likeness (QED) is 0.510. The standard InChI is InChI=1S/C6H6N8O4/c15-13(16)11-1-7-3-5(11)10-4-6(9-3)12(2-8-4)14(17)18/h1-2H2,(H,7,9)(H,8,10). The molecule has 94 valence electrons. The van der Waals surface area contributed by atoms with E-state index < -0.39 is 10.1 Å². The number of hydrogen-bond acceptors (Lipinski definition) is 8. The Morgan fingerprint density at radius 3 is 1.67 bits per heavy atom. The van der Waals surface area contributed by atoms with Crippen LogP contribution >= 0.6 is 0 Å². The van der Waals surface area contributed by atoms with Gasteiger partial charge in [0.25, 0.3) is 0 Å². The number of nitrogens with one attached hydrogen (secondary N) is 2. The maximum Gasteiger partial charge on any atom is 0.240 e. The van der Waals surface area contributed by atoms with Gasteiger partial charge in [-0.15, -0.1) is 0 Å². The summed E-state index contributed by atoms with van der Waals surface area (Å²) in [6.07, 6.45) is 0. The van der Waals surface area contributed by atoms with Gasteiger partial charge in [0.2, 0.25) is 11.6 Å². The molecule has 0 radical (unpaired) electrons. The van der Waals surface area contributed by atoms with Gasteiger partial charge in [0.05, 0.1) is 0 Å². The number of hydrazine groups is 2. The van der Waals surface area contributed by atoms with Crippen molar-refractivity contribution in [3.8, 4) is 0 Å². The third-order valence-corrected chi connectivity index (χ3v) is 2.53. The number of hydrogen-bond donors (Lipinski definition) is 2. The van der Waals surface area contributed by atoms with Crippen molar-refractivity contribution in [3.05, 3.63) is 20.2 Å². The van der Waals surface area contributed by atoms with Crippen molar-refractivity contribution in [1.29, 1.82) is 0 Å². The Morgan fingerprint density at radius 1 is 0.944 bits per heavy atom. The first kappa shape index (κ1) is 10.2. The van der Waals surface area contributed by atoms with E-state index in [1.54, 1.807) is 0 Å². The van der Waals surface area contributed by atoms with E-state index in [0.717, 1.165) is 10.0 Å². The van der Waals surface area contributed by atoms with Gasteiger partial charge in [-0.1, -0.05) is 10.0 Å². The van der Waals surface area contributed by atoms with Crippen molar-refractivity contribution in [2.45, 2.75) is 0 Å². The molecule has 0 atom stereocenters. The first-order valence-corrected chi connectivity index (χ1v) is 4.81. The molecule has 0 saturated heterocycles. The summed E-state index contributed by atoms with van der Waals surface area (Å²) < 4.78 is 0. The lowest BCUT2D eigenvalue weighted by Gasteiger charge is -2.06. The molecule has 2 aliphatic rings. The van der Waals surface area contributed by atoms with Gasteiger partial charge in [-0.05, 0) is 0 Å². The van der Waals surface area contributed by atoms with Crippen LogP contribution in [0.3, 0.4) is 0 Å². The number of nitro groups is 2. The minimum absolute atomic E-state index is 0.0384. The fraction of sp³-hybridized carbons (Fsp3) is 0.333. The molecule has 0 fully saturated rings. The maximum atomic E-state index is 10.7. The average Bonchev–Trinajstić information content (AvgIpc) is 2.87. The predicted molar refractivity (Wildman–Crippen MR) is 58.0 cm³/mol. The van der Waals surface area contributed by atoms with Crippen molar-refractivity contribution in [3.63, 3.8) is 0 Å². The molecule has 0 bridgehead atoms. The third kappa shape index (κ3) is 1.25. The second kappa shape index (κ2) is 3.28. The third-order valence-electron chi connectivity index (χ3n) is 2.53. The highest BCUT2D eigenvalue weighted by Crippen LogP contribution is 2.36. The van der Waals surface area contributed by atoms with Gasteiger partial charge in [-0.3, -0.25) is 0 Å². The van der Waals surface area contributed by atoms with Gasteiger partial charge < -0.3 is 10.6 Å². The molecule has 18 heavy (non-hydrogen) atoms. The Morgan fingerprint density at radius 2 is 1.33 bits per heavy atom. The van der Waals surface area contributed by atoms with Crippen LogP contribution in [0.1, 0.15) is 0 Å². The van der Waals surface area contributed by atoms with Crippen LogP contribution in [0.15, 0.2) is 0 Å². The lowest BCUT2D eigenvalue weighted by atomic mass is 10.5. The van der Waals surface area contributed by atoms with Crippen LogP contribution in [-0.4, -0.2) is 33.4 Å². The van der Waals surface area contributed by atoms with Crippen molar-refractivity contribution >= 4 is 23.3 Å². The summed E-state index contributed by atoms with van der Waals surface area (Å²) in [6, 6.07) is 0. The molecule has 0 amide bonds. The number of anilines is 4. The molecule has 0 spiro atoms. The lowest BCUT2D eigenvalue weighted by molar-refractivity contribution is -0.493. The highest BCUT2D eigenvalue weighted by Gasteiger charge is 2.37. The first-order chi connectivity index (χ1) is 8.58. The summed E-state index contributed by atoms with van der Waals surface area (Å²) in [4.78, 5) is 29.4. The molecule has 12 nitrogen and oxygen atoms in total. The lowest BCUT2D eigenvalue weighted by Crippen LogP contribution is -2.29. The maximum absolute atomic E-state index is 10.7. The monoisotopic (exact) mass is 254 g/mol. The van der Waals surface area contributed by atoms with Crippen molar-refractivity contribution < 1.29 is 10.1 Å². The molecule has 0 aromatic carbocycles. The fourth-order valence-corrected chi connectivity index (χ4v) is 1.73. The van der Waals surface area contributed by atoms with Crippen LogP contribution in [0.25, 0.3) is 0 Å². The molecule has 2 N–H and O–H groups in total. The first-order valence-electron chi connectivity index (χ1n) is 4.81. The fourth-order valence-electron chi connectivity index (χ4n) is 1.73. The summed E-state index contributed by atoms with van der Waals surface area (Å²) in [5.41, 5.74) is 0. The van der Waals surface area contributed by atoms with Gasteiger partial charge in [0, 0.05) is 0 Å². The van der Waals surface area contributed by atoms with E-state index in [9.17, 15) is 20.2 Å². The zero-order chi connectivity index (χ0) is 12.9. The summed E-state index contributed by atoms with van der Waals surface area (Å²) in [5.74, 6) is 0.384. The molecule has 0 saturated carbocycles. The SMILES string of the molecule is O=[N+]([O-])N1CNc2nc3c(nc21)NCN3[N+](=O)[O-]. The van der Waals surface area contributed by atoms with Gasteiger partial charge in [-0.25, -0.2) is 30.2 Å². The van der Waals surface area contributed by atoms with E-state index in [2.05, 4.69) is 20.6 Å². The molecule has 0 unspecified atom stereocenters. The van der Waals surface area contributed by atoms with E-state index >= 15 is 0 Å². The largest absolute Gasteiger partial charge is 0.344 e. The summed E-state index contributed by atoms with van der Waals surface area (Å²) in [5, 5.41) is 27.1. The Balaban J connectivity index is 2.06. The summed E-state index contributed by atoms with van der Waals surface area (Å²) in [6.45, 7) is -0.159. The van der Waals surface area contributed by atoms with Crippen molar-refractivity contribution in [2.24, 2.45) is 0 Å². The average molecular weight is 254 g/mol. The van der Waals surface area contributed by atoms with Crippen LogP contribution in [-0.2, 0) is 0 Å². The number of nitrogens with zero attached hydrogens (tertiary/aromatic N) is 6. The Bertz CT molecular complexity index is 511. The normalized spacial score (nSPS) is 15.8. The molecule has 1 aromatic heterocycles. The molecule has 3 rings (SSSR count). The molecular weight excluding hydrogens is 248 g/mol. The van der Waals surface area contributed by atoms with E-state index in [1.807, 2.05) is 0 Å². The van der Waals surface area contributed by atoms with Crippen LogP contribution in [0.5, 0.6) is 0 Å². The van der Waals surface area contributed by atoms with Crippen LogP contribution < -0.4 is 20.7 Å². The molecule has 3 heterocycles. The van der Waals surface area contributed by atoms with Gasteiger partial charge in [0.1, 0.15) is 0 Å². The summed E-state index contributed by atoms with van der Waals surface area (Å²) in [7, 11) is 0. The minimum Gasteiger partial charge on any atom is -0.344 e. The van der Waals surface area contributed by atoms with E-state index in [0.29, 0.717) is 0 Å². The second-order valence-corrected chi connectivity index (χ2v) is 3.51. The smallest absolute Gasteiger partial charge is 0.240 e. The predicted octanol–water partition coefficient (Wildman–Crippen LogP) is -0.761. The van der Waals surface area contributed by atoms with Gasteiger partial charge in [0.15, 0.2) is 35.0 Å². The topological polar surface area (TPSA) is 143 Å². The van der Waals surface area contributed by atoms with Crippen molar-refractivity contribution in [2.75, 3.05) is 34.0 Å². The minimum atomic E-state index is -0.625. The second-order valence-electron chi connectivity index (χ2n) is 3.51. The Hall–Kier alpha value is -2.92. The highest BCUT2D eigenvalue weighted by molar-refractivity contribution is 5.75. The highest BCUT2D eigenvalue weighted by atomic mass is 16.7. The molecule has 12 heteroatoms. The number of rotatable bonds is 2. The Kier molecular flexibility index (Phi) is 1.87. The molecule has 0 aliphatic carbocycles. The molecule has 2 aliphatic heterocycles. The van der Waals surface area contributed by atoms with Crippen molar-refractivity contribution in [1.82, 2.24) is 9.97 Å². The number of aromatic nitrogens is 2. The van der Waals surface area contributed by atoms with Crippen LogP contribution in [0, 0.1) is 20.2 Å².